The molecule has 0 saturated carbocycles. The molecule has 0 fully saturated rings. The van der Waals surface area contributed by atoms with Gasteiger partial charge in [-0.1, -0.05) is 202 Å². The van der Waals surface area contributed by atoms with Crippen LogP contribution in [0.2, 0.25) is 0 Å². The molecule has 2 spiro atoms. The fourth-order valence-electron chi connectivity index (χ4n) is 15.3. The maximum absolute atomic E-state index is 6.75. The van der Waals surface area contributed by atoms with Gasteiger partial charge in [-0.3, -0.25) is 0 Å². The van der Waals surface area contributed by atoms with Gasteiger partial charge in [0.25, 0.3) is 0 Å². The Kier molecular flexibility index (Phi) is 11.2. The van der Waals surface area contributed by atoms with E-state index in [9.17, 15) is 0 Å². The van der Waals surface area contributed by atoms with Crippen LogP contribution in [0.25, 0.3) is 56.2 Å². The van der Waals surface area contributed by atoms with E-state index in [1.165, 1.54) is 66.3 Å². The van der Waals surface area contributed by atoms with E-state index in [0.717, 1.165) is 96.9 Å². The van der Waals surface area contributed by atoms with Crippen molar-refractivity contribution in [3.05, 3.63) is 336 Å². The van der Waals surface area contributed by atoms with Gasteiger partial charge < -0.3 is 23.8 Å². The Morgan fingerprint density at radius 2 is 0.667 bits per heavy atom. The quantitative estimate of drug-likeness (QED) is 0.137. The molecular formula is C82H59N3O2. The van der Waals surface area contributed by atoms with Crippen molar-refractivity contribution in [2.75, 3.05) is 9.80 Å². The molecule has 414 valence electrons. The molecule has 17 rings (SSSR count). The lowest BCUT2D eigenvalue weighted by molar-refractivity contribution is 0.436. The molecule has 1 atom stereocenters. The minimum atomic E-state index is -0.619. The highest BCUT2D eigenvalue weighted by Gasteiger charge is 2.53. The molecular weight excluding hydrogens is 1060 g/mol. The van der Waals surface area contributed by atoms with Crippen LogP contribution in [0.5, 0.6) is 23.0 Å². The number of rotatable bonds is 10. The average Bonchev–Trinajstić information content (AvgIpc) is 1.60. The lowest BCUT2D eigenvalue weighted by Crippen LogP contribution is -2.32. The van der Waals surface area contributed by atoms with Crippen LogP contribution in [0.15, 0.2) is 280 Å². The summed E-state index contributed by atoms with van der Waals surface area (Å²) in [5.41, 5.74) is 24.1. The lowest BCUT2D eigenvalue weighted by Gasteiger charge is -2.39. The van der Waals surface area contributed by atoms with Gasteiger partial charge >= 0.3 is 0 Å². The Balaban J connectivity index is 0.860. The molecule has 2 aliphatic carbocycles. The summed E-state index contributed by atoms with van der Waals surface area (Å²) in [5, 5.41) is 2.41. The number of aromatic nitrogens is 1. The van der Waals surface area contributed by atoms with Crippen LogP contribution in [0.1, 0.15) is 81.9 Å². The number of ether oxygens (including phenoxy) is 2. The molecule has 1 aromatic heterocycles. The number of hydrogen-bond donors (Lipinski definition) is 0. The van der Waals surface area contributed by atoms with Crippen LogP contribution >= 0.6 is 0 Å². The fourth-order valence-corrected chi connectivity index (χ4v) is 15.3. The van der Waals surface area contributed by atoms with Gasteiger partial charge in [-0.15, -0.1) is 0 Å². The zero-order valence-corrected chi connectivity index (χ0v) is 48.4. The standard InChI is InChI=1S/C82H59N3O2/c1-5-52(4)83-75-50-59(84(55-36-32-53(6-2)33-37-55)57-40-44-63-61-20-8-10-22-67(61)81(73(63)48-57)69-24-12-16-28-77(69)86-78-29-17-13-25-70(78)81)42-46-65(75)66-47-43-60(51-76(66)83)85(56-38-34-54(7-3)35-39-56)58-41-45-64-62-21-9-11-23-68(62)82(74(64)49-58)71-26-14-18-30-79(71)87-80-31-19-15-27-72(80)82/h6-52H,2-3,5H2,1,4H3. The van der Waals surface area contributed by atoms with Crippen LogP contribution in [-0.2, 0) is 10.8 Å². The molecule has 0 N–H and O–H groups in total. The van der Waals surface area contributed by atoms with Crippen LogP contribution in [0.4, 0.5) is 34.1 Å². The SMILES string of the molecule is C=Cc1ccc(N(c2ccc3c(c2)C2(c4ccccc4Oc4ccccc42)c2ccccc2-3)c2ccc3c4ccc(N(c5ccc(C=C)cc5)c5ccc6c(c5)C5(c7ccccc7Oc7ccccc75)c5ccccc5-6)cc4n(C(C)CC)c3c2)cc1. The van der Waals surface area contributed by atoms with Crippen molar-refractivity contribution in [1.82, 2.24) is 4.57 Å². The second-order valence-electron chi connectivity index (χ2n) is 23.5. The summed E-state index contributed by atoms with van der Waals surface area (Å²) < 4.78 is 16.1. The summed E-state index contributed by atoms with van der Waals surface area (Å²) in [4.78, 5) is 4.88. The Morgan fingerprint density at radius 1 is 0.356 bits per heavy atom. The molecule has 1 unspecified atom stereocenters. The largest absolute Gasteiger partial charge is 0.457 e. The van der Waals surface area contributed by atoms with Crippen molar-refractivity contribution in [3.63, 3.8) is 0 Å². The predicted octanol–water partition coefficient (Wildman–Crippen LogP) is 21.9. The van der Waals surface area contributed by atoms with Gasteiger partial charge in [-0.2, -0.15) is 0 Å². The number of benzene rings is 12. The maximum Gasteiger partial charge on any atom is 0.132 e. The number of nitrogens with zero attached hydrogens (tertiary/aromatic N) is 3. The van der Waals surface area contributed by atoms with Crippen molar-refractivity contribution in [3.8, 4) is 45.3 Å². The molecule has 12 aromatic carbocycles. The summed E-state index contributed by atoms with van der Waals surface area (Å²) in [5.74, 6) is 3.50. The third-order valence-electron chi connectivity index (χ3n) is 19.3. The number of fused-ring (bicyclic) bond motifs is 21. The number of hydrogen-bond acceptors (Lipinski definition) is 4. The van der Waals surface area contributed by atoms with E-state index in [0.29, 0.717) is 0 Å². The third-order valence-corrected chi connectivity index (χ3v) is 19.3. The molecule has 0 amide bonds. The van der Waals surface area contributed by atoms with Crippen molar-refractivity contribution in [1.29, 1.82) is 0 Å². The highest BCUT2D eigenvalue weighted by Crippen LogP contribution is 2.65. The lowest BCUT2D eigenvalue weighted by atomic mass is 9.66. The Labute approximate surface area is 507 Å². The highest BCUT2D eigenvalue weighted by atomic mass is 16.5. The van der Waals surface area contributed by atoms with E-state index in [4.69, 9.17) is 9.47 Å². The van der Waals surface area contributed by atoms with E-state index >= 15 is 0 Å². The molecule has 5 nitrogen and oxygen atoms in total. The van der Waals surface area contributed by atoms with Crippen molar-refractivity contribution in [2.45, 2.75) is 37.1 Å². The van der Waals surface area contributed by atoms with Crippen LogP contribution in [-0.4, -0.2) is 4.57 Å². The molecule has 87 heavy (non-hydrogen) atoms. The van der Waals surface area contributed by atoms with E-state index in [2.05, 4.69) is 308 Å². The summed E-state index contributed by atoms with van der Waals surface area (Å²) >= 11 is 0. The average molecular weight is 1120 g/mol. The van der Waals surface area contributed by atoms with Crippen LogP contribution in [0.3, 0.4) is 0 Å². The predicted molar refractivity (Wildman–Crippen MR) is 359 cm³/mol. The summed E-state index contributed by atoms with van der Waals surface area (Å²) in [6.07, 6.45) is 4.77. The third kappa shape index (κ3) is 7.14. The van der Waals surface area contributed by atoms with E-state index < -0.39 is 10.8 Å². The first-order chi connectivity index (χ1) is 42.9. The topological polar surface area (TPSA) is 29.9 Å². The molecule has 4 aliphatic rings. The minimum absolute atomic E-state index is 0.162. The monoisotopic (exact) mass is 1120 g/mol. The van der Waals surface area contributed by atoms with Crippen LogP contribution < -0.4 is 19.3 Å². The molecule has 0 bridgehead atoms. The molecule has 3 heterocycles. The number of para-hydroxylation sites is 4. The van der Waals surface area contributed by atoms with Gasteiger partial charge in [0.15, 0.2) is 0 Å². The van der Waals surface area contributed by atoms with Crippen LogP contribution in [0, 0.1) is 0 Å². The van der Waals surface area contributed by atoms with Gasteiger partial charge in [-0.05, 0) is 166 Å². The smallest absolute Gasteiger partial charge is 0.132 e. The van der Waals surface area contributed by atoms with Gasteiger partial charge in [0.05, 0.1) is 21.9 Å². The Hall–Kier alpha value is -10.9. The molecule has 5 heteroatoms. The van der Waals surface area contributed by atoms with E-state index in [-0.39, 0.29) is 6.04 Å². The van der Waals surface area contributed by atoms with E-state index in [1.807, 2.05) is 12.2 Å². The van der Waals surface area contributed by atoms with E-state index in [1.54, 1.807) is 0 Å². The second-order valence-corrected chi connectivity index (χ2v) is 23.5. The normalized spacial score (nSPS) is 14.1. The van der Waals surface area contributed by atoms with Gasteiger partial charge in [0.2, 0.25) is 0 Å². The summed E-state index contributed by atoms with van der Waals surface area (Å²) in [7, 11) is 0. The summed E-state index contributed by atoms with van der Waals surface area (Å²) in [6.45, 7) is 12.9. The minimum Gasteiger partial charge on any atom is -0.457 e. The van der Waals surface area contributed by atoms with Gasteiger partial charge in [0, 0.05) is 73.2 Å². The molecule has 0 radical (unpaired) electrons. The first kappa shape index (κ1) is 50.6. The molecule has 0 saturated heterocycles. The zero-order valence-electron chi connectivity index (χ0n) is 48.4. The first-order valence-corrected chi connectivity index (χ1v) is 30.3. The Bertz CT molecular complexity index is 4610. The fraction of sp³-hybridized carbons (Fsp3) is 0.0732. The second kappa shape index (κ2) is 19.3. The highest BCUT2D eigenvalue weighted by molar-refractivity contribution is 6.11. The summed E-state index contributed by atoms with van der Waals surface area (Å²) in [6, 6.07) is 98.4. The van der Waals surface area contributed by atoms with Gasteiger partial charge in [-0.25, -0.2) is 0 Å². The molecule has 13 aromatic rings. The zero-order chi connectivity index (χ0) is 58.1. The number of anilines is 6. The Morgan fingerprint density at radius 3 is 1.03 bits per heavy atom. The van der Waals surface area contributed by atoms with Crippen molar-refractivity contribution >= 4 is 68.1 Å². The maximum atomic E-state index is 6.75. The van der Waals surface area contributed by atoms with Gasteiger partial charge in [0.1, 0.15) is 23.0 Å². The van der Waals surface area contributed by atoms with Crippen molar-refractivity contribution < 1.29 is 9.47 Å². The van der Waals surface area contributed by atoms with Crippen molar-refractivity contribution in [2.24, 2.45) is 0 Å². The first-order valence-electron chi connectivity index (χ1n) is 30.3. The molecule has 2 aliphatic heterocycles.